The molecule has 6 heteroatoms. The van der Waals surface area contributed by atoms with Gasteiger partial charge in [-0.3, -0.25) is 0 Å². The highest BCUT2D eigenvalue weighted by molar-refractivity contribution is 8.00. The molecule has 0 aliphatic carbocycles. The van der Waals surface area contributed by atoms with Gasteiger partial charge in [0.05, 0.1) is 12.1 Å². The van der Waals surface area contributed by atoms with Crippen molar-refractivity contribution in [2.75, 3.05) is 13.2 Å². The summed E-state index contributed by atoms with van der Waals surface area (Å²) in [6.07, 6.45) is 1.71. The number of hydrogen-bond donors (Lipinski definition) is 0. The van der Waals surface area contributed by atoms with Crippen molar-refractivity contribution in [1.29, 1.82) is 0 Å². The average molecular weight is 458 g/mol. The SMILES string of the molecule is C=CCOc1ccc2c(c1)c(SC(C)(C)C)c(C(=O)OCC)n2Cc1ccc(Cl)cc1. The third-order valence-electron chi connectivity index (χ3n) is 4.49. The van der Waals surface area contributed by atoms with E-state index >= 15 is 0 Å². The van der Waals surface area contributed by atoms with Gasteiger partial charge in [0.15, 0.2) is 0 Å². The summed E-state index contributed by atoms with van der Waals surface area (Å²) in [7, 11) is 0. The van der Waals surface area contributed by atoms with Crippen molar-refractivity contribution in [2.24, 2.45) is 0 Å². The lowest BCUT2D eigenvalue weighted by molar-refractivity contribution is 0.0510. The van der Waals surface area contributed by atoms with Crippen LogP contribution >= 0.6 is 23.4 Å². The van der Waals surface area contributed by atoms with E-state index in [1.807, 2.05) is 54.0 Å². The fourth-order valence-corrected chi connectivity index (χ4v) is 4.60. The monoisotopic (exact) mass is 457 g/mol. The van der Waals surface area contributed by atoms with Crippen molar-refractivity contribution >= 4 is 40.2 Å². The highest BCUT2D eigenvalue weighted by Gasteiger charge is 2.28. The topological polar surface area (TPSA) is 40.5 Å². The first-order valence-electron chi connectivity index (χ1n) is 10.2. The largest absolute Gasteiger partial charge is 0.490 e. The van der Waals surface area contributed by atoms with Gasteiger partial charge in [-0.25, -0.2) is 4.79 Å². The molecule has 0 unspecified atom stereocenters. The van der Waals surface area contributed by atoms with E-state index in [1.54, 1.807) is 17.8 Å². The van der Waals surface area contributed by atoms with Crippen molar-refractivity contribution in [3.8, 4) is 5.75 Å². The molecule has 0 amide bonds. The van der Waals surface area contributed by atoms with E-state index in [-0.39, 0.29) is 10.7 Å². The molecular weight excluding hydrogens is 430 g/mol. The second kappa shape index (κ2) is 9.84. The van der Waals surface area contributed by atoms with Gasteiger partial charge in [0.2, 0.25) is 0 Å². The van der Waals surface area contributed by atoms with Crippen molar-refractivity contribution in [3.05, 3.63) is 71.4 Å². The minimum absolute atomic E-state index is 0.0986. The van der Waals surface area contributed by atoms with Crippen LogP contribution in [-0.4, -0.2) is 28.5 Å². The Morgan fingerprint density at radius 1 is 1.19 bits per heavy atom. The minimum Gasteiger partial charge on any atom is -0.490 e. The Hall–Kier alpha value is -2.37. The van der Waals surface area contributed by atoms with Crippen molar-refractivity contribution in [2.45, 2.75) is 43.9 Å². The zero-order chi connectivity index (χ0) is 22.6. The van der Waals surface area contributed by atoms with E-state index < -0.39 is 0 Å². The summed E-state index contributed by atoms with van der Waals surface area (Å²) >= 11 is 7.72. The molecule has 2 aromatic carbocycles. The van der Waals surface area contributed by atoms with E-state index in [2.05, 4.69) is 27.4 Å². The summed E-state index contributed by atoms with van der Waals surface area (Å²) in [6.45, 7) is 13.2. The lowest BCUT2D eigenvalue weighted by atomic mass is 10.2. The van der Waals surface area contributed by atoms with E-state index in [4.69, 9.17) is 21.1 Å². The molecule has 0 fully saturated rings. The van der Waals surface area contributed by atoms with Crippen molar-refractivity contribution in [1.82, 2.24) is 4.57 Å². The summed E-state index contributed by atoms with van der Waals surface area (Å²) in [5, 5.41) is 1.65. The van der Waals surface area contributed by atoms with Crippen LogP contribution in [0.2, 0.25) is 5.02 Å². The van der Waals surface area contributed by atoms with Gasteiger partial charge < -0.3 is 14.0 Å². The second-order valence-corrected chi connectivity index (χ2v) is 10.4. The molecule has 0 atom stereocenters. The number of carbonyl (C=O) groups is 1. The Morgan fingerprint density at radius 3 is 2.52 bits per heavy atom. The second-order valence-electron chi connectivity index (χ2n) is 8.10. The maximum Gasteiger partial charge on any atom is 0.356 e. The van der Waals surface area contributed by atoms with Crippen LogP contribution < -0.4 is 4.74 Å². The summed E-state index contributed by atoms with van der Waals surface area (Å²) < 4.78 is 13.2. The summed E-state index contributed by atoms with van der Waals surface area (Å²) in [4.78, 5) is 14.0. The van der Waals surface area contributed by atoms with Gasteiger partial charge in [0.25, 0.3) is 0 Å². The van der Waals surface area contributed by atoms with Crippen LogP contribution in [0.4, 0.5) is 0 Å². The van der Waals surface area contributed by atoms with Gasteiger partial charge in [-0.2, -0.15) is 0 Å². The summed E-state index contributed by atoms with van der Waals surface area (Å²) in [6, 6.07) is 13.6. The van der Waals surface area contributed by atoms with Crippen LogP contribution in [0.5, 0.6) is 5.75 Å². The summed E-state index contributed by atoms with van der Waals surface area (Å²) in [5.74, 6) is 0.412. The highest BCUT2D eigenvalue weighted by Crippen LogP contribution is 2.42. The normalized spacial score (nSPS) is 11.5. The van der Waals surface area contributed by atoms with E-state index in [0.717, 1.165) is 27.1 Å². The Bertz CT molecular complexity index is 1080. The zero-order valence-corrected chi connectivity index (χ0v) is 20.0. The molecule has 3 rings (SSSR count). The molecule has 3 aromatic rings. The number of halogens is 1. The lowest BCUT2D eigenvalue weighted by Gasteiger charge is -2.18. The predicted octanol–water partition coefficient (Wildman–Crippen LogP) is 6.98. The first kappa shape index (κ1) is 23.3. The number of rotatable bonds is 8. The molecule has 4 nitrogen and oxygen atoms in total. The van der Waals surface area contributed by atoms with Gasteiger partial charge in [0, 0.05) is 26.6 Å². The first-order valence-corrected chi connectivity index (χ1v) is 11.4. The fourth-order valence-electron chi connectivity index (χ4n) is 3.30. The van der Waals surface area contributed by atoms with Gasteiger partial charge in [-0.05, 0) is 42.8 Å². The number of esters is 1. The molecule has 1 aromatic heterocycles. The van der Waals surface area contributed by atoms with E-state index in [0.29, 0.717) is 30.5 Å². The molecule has 0 aliphatic rings. The van der Waals surface area contributed by atoms with Crippen LogP contribution in [0.15, 0.2) is 60.0 Å². The Kier molecular flexibility index (Phi) is 7.39. The number of fused-ring (bicyclic) bond motifs is 1. The summed E-state index contributed by atoms with van der Waals surface area (Å²) in [5.41, 5.74) is 2.56. The average Bonchev–Trinajstić information content (AvgIpc) is 2.99. The molecule has 31 heavy (non-hydrogen) atoms. The van der Waals surface area contributed by atoms with Crippen molar-refractivity contribution < 1.29 is 14.3 Å². The quantitative estimate of drug-likeness (QED) is 0.208. The zero-order valence-electron chi connectivity index (χ0n) is 18.4. The highest BCUT2D eigenvalue weighted by atomic mass is 35.5. The maximum absolute atomic E-state index is 13.1. The number of benzene rings is 2. The van der Waals surface area contributed by atoms with E-state index in [1.165, 1.54) is 0 Å². The molecular formula is C25H28ClNO3S. The molecule has 0 spiro atoms. The van der Waals surface area contributed by atoms with Gasteiger partial charge >= 0.3 is 5.97 Å². The van der Waals surface area contributed by atoms with Crippen LogP contribution in [0.1, 0.15) is 43.7 Å². The molecule has 1 heterocycles. The third-order valence-corrected chi connectivity index (χ3v) is 5.97. The van der Waals surface area contributed by atoms with Crippen LogP contribution in [-0.2, 0) is 11.3 Å². The Balaban J connectivity index is 2.24. The van der Waals surface area contributed by atoms with E-state index in [9.17, 15) is 4.79 Å². The van der Waals surface area contributed by atoms with Crippen LogP contribution in [0.25, 0.3) is 10.9 Å². The van der Waals surface area contributed by atoms with Gasteiger partial charge in [0.1, 0.15) is 18.1 Å². The van der Waals surface area contributed by atoms with Crippen LogP contribution in [0, 0.1) is 0 Å². The van der Waals surface area contributed by atoms with Crippen LogP contribution in [0.3, 0.4) is 0 Å². The molecule has 0 saturated carbocycles. The smallest absolute Gasteiger partial charge is 0.356 e. The standard InChI is InChI=1S/C25H28ClNO3S/c1-6-14-30-19-12-13-21-20(15-19)23(31-25(3,4)5)22(24(28)29-7-2)27(21)16-17-8-10-18(26)11-9-17/h6,8-13,15H,1,7,14,16H2,2-5H3. The molecule has 0 aliphatic heterocycles. The molecule has 0 N–H and O–H groups in total. The molecule has 0 radical (unpaired) electrons. The fraction of sp³-hybridized carbons (Fsp3) is 0.320. The lowest BCUT2D eigenvalue weighted by Crippen LogP contribution is -2.15. The Labute approximate surface area is 193 Å². The predicted molar refractivity (Wildman–Crippen MR) is 130 cm³/mol. The third kappa shape index (κ3) is 5.66. The number of aromatic nitrogens is 1. The minimum atomic E-state index is -0.326. The molecule has 0 bridgehead atoms. The number of thioether (sulfide) groups is 1. The van der Waals surface area contributed by atoms with Gasteiger partial charge in [-0.15, -0.1) is 11.8 Å². The molecule has 0 saturated heterocycles. The number of carbonyl (C=O) groups excluding carboxylic acids is 1. The first-order chi connectivity index (χ1) is 14.7. The van der Waals surface area contributed by atoms with Crippen molar-refractivity contribution in [3.63, 3.8) is 0 Å². The number of hydrogen-bond acceptors (Lipinski definition) is 4. The maximum atomic E-state index is 13.1. The Morgan fingerprint density at radius 2 is 1.90 bits per heavy atom. The molecule has 164 valence electrons. The number of nitrogens with zero attached hydrogens (tertiary/aromatic N) is 1. The van der Waals surface area contributed by atoms with Gasteiger partial charge in [-0.1, -0.05) is 57.2 Å². The number of ether oxygens (including phenoxy) is 2.